The molecule has 0 spiro atoms. The van der Waals surface area contributed by atoms with Gasteiger partial charge in [0.25, 0.3) is 11.8 Å². The van der Waals surface area contributed by atoms with Crippen molar-refractivity contribution in [3.63, 3.8) is 0 Å². The third-order valence-electron chi connectivity index (χ3n) is 4.46. The third kappa shape index (κ3) is 4.82. The van der Waals surface area contributed by atoms with Gasteiger partial charge in [0.05, 0.1) is 6.26 Å². The molecule has 0 unspecified atom stereocenters. The summed E-state index contributed by atoms with van der Waals surface area (Å²) >= 11 is 8.81. The van der Waals surface area contributed by atoms with Crippen LogP contribution in [0.2, 0.25) is 0 Å². The van der Waals surface area contributed by atoms with Crippen molar-refractivity contribution in [1.29, 1.82) is 0 Å². The molecule has 4 aromatic rings. The zero-order valence-electron chi connectivity index (χ0n) is 16.0. The van der Waals surface area contributed by atoms with Gasteiger partial charge in [0.1, 0.15) is 0 Å². The molecule has 0 aliphatic rings. The molecular formula is C23H16BrN3O3S. The van der Waals surface area contributed by atoms with Crippen LogP contribution < -0.4 is 16.0 Å². The zero-order valence-corrected chi connectivity index (χ0v) is 18.4. The first-order valence-electron chi connectivity index (χ1n) is 9.26. The fraction of sp³-hybridized carbons (Fsp3) is 0. The number of amides is 2. The lowest BCUT2D eigenvalue weighted by Gasteiger charge is -2.12. The summed E-state index contributed by atoms with van der Waals surface area (Å²) < 4.78 is 6.00. The molecule has 6 nitrogen and oxygen atoms in total. The highest BCUT2D eigenvalue weighted by Crippen LogP contribution is 2.26. The molecule has 31 heavy (non-hydrogen) atoms. The normalized spacial score (nSPS) is 10.5. The number of benzene rings is 3. The molecule has 0 radical (unpaired) electrons. The Labute approximate surface area is 191 Å². The molecule has 0 aliphatic carbocycles. The number of halogens is 1. The van der Waals surface area contributed by atoms with Crippen molar-refractivity contribution in [3.8, 4) is 0 Å². The van der Waals surface area contributed by atoms with E-state index in [-0.39, 0.29) is 22.7 Å². The summed E-state index contributed by atoms with van der Waals surface area (Å²) in [6, 6.07) is 21.4. The highest BCUT2D eigenvalue weighted by molar-refractivity contribution is 9.10. The second-order valence-corrected chi connectivity index (χ2v) is 7.82. The van der Waals surface area contributed by atoms with Crippen molar-refractivity contribution in [2.45, 2.75) is 0 Å². The largest absolute Gasteiger partial charge is 0.459 e. The maximum Gasteiger partial charge on any atom is 0.291 e. The van der Waals surface area contributed by atoms with Crippen LogP contribution in [0, 0.1) is 0 Å². The summed E-state index contributed by atoms with van der Waals surface area (Å²) in [6.45, 7) is 0. The molecule has 0 bridgehead atoms. The van der Waals surface area contributed by atoms with Crippen LogP contribution in [0.1, 0.15) is 20.9 Å². The number of hydrogen-bond donors (Lipinski definition) is 3. The molecule has 0 fully saturated rings. The summed E-state index contributed by atoms with van der Waals surface area (Å²) in [6.07, 6.45) is 1.43. The summed E-state index contributed by atoms with van der Waals surface area (Å²) in [7, 11) is 0. The Balaban J connectivity index is 1.44. The number of carbonyl (C=O) groups excluding carboxylic acids is 2. The number of fused-ring (bicyclic) bond motifs is 1. The van der Waals surface area contributed by atoms with Gasteiger partial charge in [-0.2, -0.15) is 0 Å². The maximum absolute atomic E-state index is 12.8. The van der Waals surface area contributed by atoms with Crippen molar-refractivity contribution in [2.24, 2.45) is 0 Å². The maximum atomic E-state index is 12.8. The van der Waals surface area contributed by atoms with Crippen LogP contribution in [0.5, 0.6) is 0 Å². The minimum absolute atomic E-state index is 0.145. The van der Waals surface area contributed by atoms with Gasteiger partial charge in [0.2, 0.25) is 0 Å². The van der Waals surface area contributed by atoms with Gasteiger partial charge in [-0.1, -0.05) is 46.3 Å². The lowest BCUT2D eigenvalue weighted by atomic mass is 10.0. The minimum atomic E-state index is -0.361. The van der Waals surface area contributed by atoms with Crippen molar-refractivity contribution < 1.29 is 14.0 Å². The van der Waals surface area contributed by atoms with E-state index >= 15 is 0 Å². The van der Waals surface area contributed by atoms with Crippen molar-refractivity contribution in [1.82, 2.24) is 5.32 Å². The number of nitrogens with one attached hydrogen (secondary N) is 3. The second kappa shape index (κ2) is 9.11. The van der Waals surface area contributed by atoms with Gasteiger partial charge in [0, 0.05) is 21.4 Å². The molecule has 0 atom stereocenters. The van der Waals surface area contributed by atoms with E-state index in [2.05, 4.69) is 31.9 Å². The Morgan fingerprint density at radius 1 is 0.806 bits per heavy atom. The number of hydrogen-bond acceptors (Lipinski definition) is 4. The highest BCUT2D eigenvalue weighted by Gasteiger charge is 2.13. The molecule has 3 N–H and O–H groups in total. The molecular weight excluding hydrogens is 478 g/mol. The van der Waals surface area contributed by atoms with Crippen molar-refractivity contribution in [2.75, 3.05) is 10.6 Å². The molecule has 8 heteroatoms. The molecule has 4 rings (SSSR count). The lowest BCUT2D eigenvalue weighted by Crippen LogP contribution is -2.34. The van der Waals surface area contributed by atoms with Gasteiger partial charge < -0.3 is 15.1 Å². The second-order valence-electron chi connectivity index (χ2n) is 6.56. The molecule has 0 saturated heterocycles. The summed E-state index contributed by atoms with van der Waals surface area (Å²) in [5, 5.41) is 10.3. The van der Waals surface area contributed by atoms with Gasteiger partial charge in [0.15, 0.2) is 10.9 Å². The summed E-state index contributed by atoms with van der Waals surface area (Å²) in [5.41, 5.74) is 1.69. The lowest BCUT2D eigenvalue weighted by molar-refractivity contribution is 0.0976. The Bertz CT molecular complexity index is 1290. The Hall–Kier alpha value is -3.49. The fourth-order valence-corrected chi connectivity index (χ4v) is 3.79. The van der Waals surface area contributed by atoms with Crippen LogP contribution >= 0.6 is 28.1 Å². The van der Waals surface area contributed by atoms with Crippen LogP contribution in [0.15, 0.2) is 87.9 Å². The average Bonchev–Trinajstić information content (AvgIpc) is 3.29. The van der Waals surface area contributed by atoms with E-state index < -0.39 is 0 Å². The number of anilines is 2. The predicted octanol–water partition coefficient (Wildman–Crippen LogP) is 5.57. The molecule has 1 heterocycles. The number of rotatable bonds is 4. The van der Waals surface area contributed by atoms with E-state index in [9.17, 15) is 9.59 Å². The Morgan fingerprint density at radius 3 is 2.29 bits per heavy atom. The van der Waals surface area contributed by atoms with Crippen LogP contribution in [0.4, 0.5) is 11.4 Å². The van der Waals surface area contributed by atoms with Crippen LogP contribution in [0.25, 0.3) is 10.8 Å². The minimum Gasteiger partial charge on any atom is -0.459 e. The molecule has 0 saturated carbocycles. The van der Waals surface area contributed by atoms with E-state index in [0.717, 1.165) is 15.2 Å². The zero-order chi connectivity index (χ0) is 21.8. The molecule has 3 aromatic carbocycles. The van der Waals surface area contributed by atoms with Crippen molar-refractivity contribution in [3.05, 3.63) is 94.9 Å². The predicted molar refractivity (Wildman–Crippen MR) is 128 cm³/mol. The number of thiocarbonyl (C=S) groups is 1. The standard InChI is InChI=1S/C23H16BrN3O3S/c24-19-10-3-7-16-17(19)8-2-9-18(16)21(28)27-23(31)26-15-6-1-5-14(13-15)25-22(29)20-11-4-12-30-20/h1-13H,(H,25,29)(H2,26,27,28,31). The number of carbonyl (C=O) groups is 2. The first-order valence-corrected chi connectivity index (χ1v) is 10.5. The van der Waals surface area contributed by atoms with Gasteiger partial charge in [-0.25, -0.2) is 0 Å². The first kappa shape index (κ1) is 20.8. The third-order valence-corrected chi connectivity index (χ3v) is 5.36. The van der Waals surface area contributed by atoms with Gasteiger partial charge in [-0.15, -0.1) is 0 Å². The average molecular weight is 494 g/mol. The SMILES string of the molecule is O=C(Nc1cccc(NC(=S)NC(=O)c2cccc3c(Br)cccc23)c1)c1ccco1. The van der Waals surface area contributed by atoms with Gasteiger partial charge >= 0.3 is 0 Å². The Morgan fingerprint density at radius 2 is 1.52 bits per heavy atom. The topological polar surface area (TPSA) is 83.4 Å². The quantitative estimate of drug-likeness (QED) is 0.323. The van der Waals surface area contributed by atoms with E-state index in [1.165, 1.54) is 6.26 Å². The van der Waals surface area contributed by atoms with Crippen molar-refractivity contribution >= 4 is 67.2 Å². The van der Waals surface area contributed by atoms with E-state index in [1.54, 1.807) is 42.5 Å². The first-order chi connectivity index (χ1) is 15.0. The van der Waals surface area contributed by atoms with E-state index in [4.69, 9.17) is 16.6 Å². The van der Waals surface area contributed by atoms with Crippen LogP contribution in [-0.2, 0) is 0 Å². The van der Waals surface area contributed by atoms with E-state index in [0.29, 0.717) is 16.9 Å². The molecule has 1 aromatic heterocycles. The molecule has 154 valence electrons. The van der Waals surface area contributed by atoms with Gasteiger partial charge in [-0.3, -0.25) is 14.9 Å². The highest BCUT2D eigenvalue weighted by atomic mass is 79.9. The Kier molecular flexibility index (Phi) is 6.11. The fourth-order valence-electron chi connectivity index (χ4n) is 3.08. The van der Waals surface area contributed by atoms with E-state index in [1.807, 2.05) is 30.3 Å². The van der Waals surface area contributed by atoms with Crippen LogP contribution in [0.3, 0.4) is 0 Å². The van der Waals surface area contributed by atoms with Crippen LogP contribution in [-0.4, -0.2) is 16.9 Å². The summed E-state index contributed by atoms with van der Waals surface area (Å²) in [5.74, 6) is -0.466. The smallest absolute Gasteiger partial charge is 0.291 e. The summed E-state index contributed by atoms with van der Waals surface area (Å²) in [4.78, 5) is 24.9. The number of furan rings is 1. The molecule has 2 amide bonds. The molecule has 0 aliphatic heterocycles. The van der Waals surface area contributed by atoms with Gasteiger partial charge in [-0.05, 0) is 65.5 Å². The monoisotopic (exact) mass is 493 g/mol.